The molecule has 3 rings (SSSR count). The van der Waals surface area contributed by atoms with Gasteiger partial charge in [-0.1, -0.05) is 42.5 Å². The first-order valence-electron chi connectivity index (χ1n) is 7.09. The van der Waals surface area contributed by atoms with Gasteiger partial charge in [-0.2, -0.15) is 0 Å². The Morgan fingerprint density at radius 3 is 2.64 bits per heavy atom. The van der Waals surface area contributed by atoms with Crippen molar-refractivity contribution in [3.8, 4) is 17.0 Å². The minimum atomic E-state index is 0.827. The lowest BCUT2D eigenvalue weighted by atomic mass is 10.1. The van der Waals surface area contributed by atoms with Gasteiger partial charge in [-0.15, -0.1) is 11.8 Å². The number of hydrogen-bond acceptors (Lipinski definition) is 3. The van der Waals surface area contributed by atoms with Gasteiger partial charge in [0.25, 0.3) is 0 Å². The van der Waals surface area contributed by atoms with Crippen LogP contribution in [0.1, 0.15) is 5.56 Å². The molecule has 0 unspecified atom stereocenters. The zero-order chi connectivity index (χ0) is 15.4. The van der Waals surface area contributed by atoms with E-state index >= 15 is 0 Å². The summed E-state index contributed by atoms with van der Waals surface area (Å²) in [5.41, 5.74) is 3.35. The maximum Gasteiger partial charge on any atom is 0.119 e. The van der Waals surface area contributed by atoms with Gasteiger partial charge in [0.15, 0.2) is 0 Å². The molecule has 4 heteroatoms. The molecule has 3 nitrogen and oxygen atoms in total. The van der Waals surface area contributed by atoms with Gasteiger partial charge in [-0.3, -0.25) is 0 Å². The molecule has 0 aliphatic carbocycles. The number of hydrogen-bond donors (Lipinski definition) is 0. The van der Waals surface area contributed by atoms with Crippen LogP contribution >= 0.6 is 11.8 Å². The Morgan fingerprint density at radius 2 is 1.91 bits per heavy atom. The van der Waals surface area contributed by atoms with Crippen LogP contribution in [0.15, 0.2) is 66.0 Å². The summed E-state index contributed by atoms with van der Waals surface area (Å²) in [6.45, 7) is 0.827. The molecule has 0 atom stereocenters. The maximum absolute atomic E-state index is 5.31. The zero-order valence-electron chi connectivity index (χ0n) is 12.7. The van der Waals surface area contributed by atoms with E-state index in [2.05, 4.69) is 46.1 Å². The highest BCUT2D eigenvalue weighted by Gasteiger charge is 2.13. The molecule has 0 amide bonds. The molecular weight excluding hydrogens is 292 g/mol. The first kappa shape index (κ1) is 14.7. The summed E-state index contributed by atoms with van der Waals surface area (Å²) in [5, 5.41) is 1.16. The predicted octanol–water partition coefficient (Wildman–Crippen LogP) is 4.33. The first-order valence-corrected chi connectivity index (χ1v) is 8.31. The van der Waals surface area contributed by atoms with Crippen LogP contribution in [0.5, 0.6) is 5.75 Å². The molecule has 0 aliphatic rings. The molecule has 0 fully saturated rings. The summed E-state index contributed by atoms with van der Waals surface area (Å²) in [6.07, 6.45) is 4.00. The number of imidazole rings is 1. The second kappa shape index (κ2) is 6.71. The second-order valence-electron chi connectivity index (χ2n) is 4.95. The van der Waals surface area contributed by atoms with Gasteiger partial charge in [-0.25, -0.2) is 4.98 Å². The van der Waals surface area contributed by atoms with Gasteiger partial charge in [-0.05, 0) is 24.0 Å². The molecule has 0 bridgehead atoms. The predicted molar refractivity (Wildman–Crippen MR) is 91.5 cm³/mol. The highest BCUT2D eigenvalue weighted by atomic mass is 32.2. The van der Waals surface area contributed by atoms with Gasteiger partial charge in [0, 0.05) is 12.1 Å². The lowest BCUT2D eigenvalue weighted by Crippen LogP contribution is -1.99. The van der Waals surface area contributed by atoms with Crippen molar-refractivity contribution in [1.82, 2.24) is 9.55 Å². The average Bonchev–Trinajstić information content (AvgIpc) is 2.98. The minimum Gasteiger partial charge on any atom is -0.497 e. The Hall–Kier alpha value is -2.20. The van der Waals surface area contributed by atoms with E-state index in [4.69, 9.17) is 4.74 Å². The fourth-order valence-electron chi connectivity index (χ4n) is 2.45. The van der Waals surface area contributed by atoms with E-state index in [1.54, 1.807) is 18.9 Å². The van der Waals surface area contributed by atoms with Crippen LogP contribution in [0.25, 0.3) is 11.3 Å². The molecule has 0 N–H and O–H groups in total. The number of aromatic nitrogens is 2. The average molecular weight is 310 g/mol. The molecule has 0 saturated carbocycles. The third-order valence-electron chi connectivity index (χ3n) is 3.52. The summed E-state index contributed by atoms with van der Waals surface area (Å²) in [6, 6.07) is 18.5. The van der Waals surface area contributed by atoms with Crippen LogP contribution in [0.4, 0.5) is 0 Å². The number of methoxy groups -OCH3 is 1. The lowest BCUT2D eigenvalue weighted by molar-refractivity contribution is 0.415. The third kappa shape index (κ3) is 3.02. The molecule has 0 saturated heterocycles. The molecule has 2 aromatic carbocycles. The second-order valence-corrected chi connectivity index (χ2v) is 5.74. The van der Waals surface area contributed by atoms with E-state index in [9.17, 15) is 0 Å². The highest BCUT2D eigenvalue weighted by Crippen LogP contribution is 2.31. The summed E-state index contributed by atoms with van der Waals surface area (Å²) in [4.78, 5) is 4.62. The molecule has 1 heterocycles. The number of thioether (sulfide) groups is 1. The van der Waals surface area contributed by atoms with Crippen LogP contribution in [0.2, 0.25) is 0 Å². The fraction of sp³-hybridized carbons (Fsp3) is 0.167. The maximum atomic E-state index is 5.31. The Balaban J connectivity index is 1.96. The van der Waals surface area contributed by atoms with Crippen molar-refractivity contribution in [2.75, 3.05) is 13.4 Å². The largest absolute Gasteiger partial charge is 0.497 e. The Labute approximate surface area is 135 Å². The van der Waals surface area contributed by atoms with Crippen LogP contribution in [-0.4, -0.2) is 22.9 Å². The molecule has 3 aromatic rings. The van der Waals surface area contributed by atoms with Gasteiger partial charge in [0.05, 0.1) is 13.4 Å². The van der Waals surface area contributed by atoms with Crippen molar-refractivity contribution in [3.63, 3.8) is 0 Å². The van der Waals surface area contributed by atoms with Gasteiger partial charge >= 0.3 is 0 Å². The topological polar surface area (TPSA) is 27.1 Å². The van der Waals surface area contributed by atoms with Crippen LogP contribution in [-0.2, 0) is 6.54 Å². The fourth-order valence-corrected chi connectivity index (χ4v) is 3.16. The molecule has 112 valence electrons. The minimum absolute atomic E-state index is 0.827. The van der Waals surface area contributed by atoms with E-state index in [-0.39, 0.29) is 0 Å². The van der Waals surface area contributed by atoms with Gasteiger partial charge < -0.3 is 9.30 Å². The third-order valence-corrected chi connectivity index (χ3v) is 4.34. The van der Waals surface area contributed by atoms with Gasteiger partial charge in [0.2, 0.25) is 0 Å². The van der Waals surface area contributed by atoms with Crippen molar-refractivity contribution in [3.05, 3.63) is 66.5 Å². The van der Waals surface area contributed by atoms with Crippen molar-refractivity contribution in [2.45, 2.75) is 11.6 Å². The van der Waals surface area contributed by atoms with Crippen LogP contribution in [0.3, 0.4) is 0 Å². The smallest absolute Gasteiger partial charge is 0.119 e. The monoisotopic (exact) mass is 310 g/mol. The van der Waals surface area contributed by atoms with Crippen molar-refractivity contribution >= 4 is 11.8 Å². The molecule has 0 radical (unpaired) electrons. The van der Waals surface area contributed by atoms with Crippen molar-refractivity contribution in [2.24, 2.45) is 0 Å². The van der Waals surface area contributed by atoms with Crippen LogP contribution < -0.4 is 4.74 Å². The van der Waals surface area contributed by atoms with E-state index < -0.39 is 0 Å². The lowest BCUT2D eigenvalue weighted by Gasteiger charge is -2.08. The van der Waals surface area contributed by atoms with Crippen molar-refractivity contribution < 1.29 is 4.74 Å². The van der Waals surface area contributed by atoms with E-state index in [1.165, 1.54) is 5.56 Å². The molecule has 22 heavy (non-hydrogen) atoms. The molecule has 0 spiro atoms. The Kier molecular flexibility index (Phi) is 4.49. The quantitative estimate of drug-likeness (QED) is 0.656. The zero-order valence-corrected chi connectivity index (χ0v) is 13.5. The Bertz CT molecular complexity index is 753. The highest BCUT2D eigenvalue weighted by molar-refractivity contribution is 7.98. The number of benzene rings is 2. The summed E-state index contributed by atoms with van der Waals surface area (Å²) in [7, 11) is 1.68. The normalized spacial score (nSPS) is 10.6. The first-order chi connectivity index (χ1) is 10.8. The van der Waals surface area contributed by atoms with E-state index in [1.807, 2.05) is 30.6 Å². The van der Waals surface area contributed by atoms with E-state index in [0.29, 0.717) is 0 Å². The summed E-state index contributed by atoms with van der Waals surface area (Å²) < 4.78 is 7.50. The molecule has 0 aliphatic heterocycles. The summed E-state index contributed by atoms with van der Waals surface area (Å²) >= 11 is 1.72. The number of rotatable bonds is 5. The number of nitrogens with zero attached hydrogens (tertiary/aromatic N) is 2. The van der Waals surface area contributed by atoms with E-state index in [0.717, 1.165) is 28.6 Å². The molecular formula is C18H18N2OS. The summed E-state index contributed by atoms with van der Waals surface area (Å²) in [5.74, 6) is 0.849. The molecule has 1 aromatic heterocycles. The Morgan fingerprint density at radius 1 is 1.09 bits per heavy atom. The standard InChI is InChI=1S/C18H18N2OS/c1-21-16-10-6-9-15(11-16)17-18(22-2)20(13-19-17)12-14-7-4-3-5-8-14/h3-11,13H,12H2,1-2H3. The SMILES string of the molecule is COc1cccc(-c2ncn(Cc3ccccc3)c2SC)c1. The van der Waals surface area contributed by atoms with Crippen LogP contribution in [0, 0.1) is 0 Å². The van der Waals surface area contributed by atoms with Crippen molar-refractivity contribution in [1.29, 1.82) is 0 Å². The van der Waals surface area contributed by atoms with Gasteiger partial charge in [0.1, 0.15) is 16.5 Å². The number of ether oxygens (including phenoxy) is 1.